The molecule has 0 bridgehead atoms. The van der Waals surface area contributed by atoms with Gasteiger partial charge in [0.1, 0.15) is 5.78 Å². The third-order valence-corrected chi connectivity index (χ3v) is 8.98. The van der Waals surface area contributed by atoms with Crippen LogP contribution in [0.15, 0.2) is 0 Å². The van der Waals surface area contributed by atoms with Crippen molar-refractivity contribution >= 4 is 14.1 Å². The van der Waals surface area contributed by atoms with Gasteiger partial charge in [0.25, 0.3) is 0 Å². The van der Waals surface area contributed by atoms with Gasteiger partial charge >= 0.3 is 0 Å². The average Bonchev–Trinajstić information content (AvgIpc) is 2.22. The third-order valence-electron chi connectivity index (χ3n) is 4.50. The Morgan fingerprint density at radius 3 is 1.81 bits per heavy atom. The zero-order chi connectivity index (χ0) is 17.2. The Kier molecular flexibility index (Phi) is 6.86. The predicted octanol–water partition coefficient (Wildman–Crippen LogP) is 4.40. The second-order valence-electron chi connectivity index (χ2n) is 9.03. The first-order valence-corrected chi connectivity index (χ1v) is 10.9. The molecule has 0 amide bonds. The normalized spacial score (nSPS) is 17.0. The lowest BCUT2D eigenvalue weighted by Crippen LogP contribution is -2.49. The molecule has 0 aliphatic carbocycles. The lowest BCUT2D eigenvalue weighted by molar-refractivity contribution is -0.130. The lowest BCUT2D eigenvalue weighted by Gasteiger charge is -2.42. The van der Waals surface area contributed by atoms with Gasteiger partial charge in [0, 0.05) is 11.8 Å². The molecule has 126 valence electrons. The van der Waals surface area contributed by atoms with Crippen LogP contribution in [-0.2, 0) is 9.22 Å². The molecule has 0 heterocycles. The van der Waals surface area contributed by atoms with E-state index >= 15 is 0 Å². The van der Waals surface area contributed by atoms with Gasteiger partial charge in [0.05, 0.1) is 12.2 Å². The van der Waals surface area contributed by atoms with Crippen LogP contribution in [0.1, 0.15) is 61.8 Å². The maximum atomic E-state index is 12.2. The van der Waals surface area contributed by atoms with E-state index in [1.807, 2.05) is 34.6 Å². The Hall–Kier alpha value is -0.193. The summed E-state index contributed by atoms with van der Waals surface area (Å²) in [6.45, 7) is 20.7. The van der Waals surface area contributed by atoms with E-state index in [0.29, 0.717) is 0 Å². The minimum absolute atomic E-state index is 0.0829. The van der Waals surface area contributed by atoms with Gasteiger partial charge in [-0.1, -0.05) is 55.4 Å². The maximum absolute atomic E-state index is 12.2. The molecule has 0 rings (SSSR count). The minimum atomic E-state index is -1.96. The molecule has 2 atom stereocenters. The molecule has 0 aromatic carbocycles. The summed E-state index contributed by atoms with van der Waals surface area (Å²) in [6, 6.07) is 0. The summed E-state index contributed by atoms with van der Waals surface area (Å²) in [5.41, 5.74) is -0.417. The second-order valence-corrected chi connectivity index (χ2v) is 13.8. The largest absolute Gasteiger partial charge is 0.411 e. The van der Waals surface area contributed by atoms with E-state index < -0.39 is 19.8 Å². The van der Waals surface area contributed by atoms with Gasteiger partial charge in [-0.25, -0.2) is 0 Å². The number of carbonyl (C=O) groups excluding carboxylic acids is 1. The van der Waals surface area contributed by atoms with Gasteiger partial charge in [0.2, 0.25) is 0 Å². The van der Waals surface area contributed by atoms with Gasteiger partial charge in [-0.15, -0.1) is 0 Å². The van der Waals surface area contributed by atoms with Crippen molar-refractivity contribution < 1.29 is 14.3 Å². The Bertz CT molecular complexity index is 348. The number of Topliss-reactive ketones (excluding diaryl/α,β-unsaturated/α-hetero) is 1. The quantitative estimate of drug-likeness (QED) is 0.739. The van der Waals surface area contributed by atoms with Crippen molar-refractivity contribution in [2.45, 2.75) is 92.2 Å². The van der Waals surface area contributed by atoms with E-state index in [9.17, 15) is 9.90 Å². The van der Waals surface area contributed by atoms with Gasteiger partial charge in [0.15, 0.2) is 8.32 Å². The smallest absolute Gasteiger partial charge is 0.192 e. The molecule has 0 aliphatic rings. The maximum Gasteiger partial charge on any atom is 0.192 e. The first-order chi connectivity index (χ1) is 9.09. The highest BCUT2D eigenvalue weighted by atomic mass is 28.4. The van der Waals surface area contributed by atoms with Crippen molar-refractivity contribution in [2.75, 3.05) is 0 Å². The van der Waals surface area contributed by atoms with E-state index in [1.54, 1.807) is 0 Å². The highest BCUT2D eigenvalue weighted by Gasteiger charge is 2.42. The summed E-state index contributed by atoms with van der Waals surface area (Å²) >= 11 is 0. The molecule has 0 unspecified atom stereocenters. The topological polar surface area (TPSA) is 46.5 Å². The van der Waals surface area contributed by atoms with E-state index in [1.165, 1.54) is 0 Å². The zero-order valence-corrected chi connectivity index (χ0v) is 16.7. The molecule has 0 aliphatic heterocycles. The number of hydrogen-bond acceptors (Lipinski definition) is 3. The fourth-order valence-electron chi connectivity index (χ4n) is 1.79. The molecule has 3 nitrogen and oxygen atoms in total. The van der Waals surface area contributed by atoms with Crippen LogP contribution in [0.4, 0.5) is 0 Å². The lowest BCUT2D eigenvalue weighted by atomic mass is 9.85. The summed E-state index contributed by atoms with van der Waals surface area (Å²) in [5.74, 6) is 0.265. The summed E-state index contributed by atoms with van der Waals surface area (Å²) < 4.78 is 6.38. The molecule has 0 aromatic rings. The van der Waals surface area contributed by atoms with Crippen LogP contribution in [0.25, 0.3) is 0 Å². The first-order valence-electron chi connectivity index (χ1n) is 7.99. The van der Waals surface area contributed by atoms with Crippen molar-refractivity contribution in [2.24, 2.45) is 11.3 Å². The van der Waals surface area contributed by atoms with Crippen molar-refractivity contribution in [3.63, 3.8) is 0 Å². The van der Waals surface area contributed by atoms with Crippen LogP contribution in [-0.4, -0.2) is 31.4 Å². The molecular weight excluding hydrogens is 280 g/mol. The monoisotopic (exact) mass is 316 g/mol. The van der Waals surface area contributed by atoms with E-state index in [0.717, 1.165) is 0 Å². The zero-order valence-electron chi connectivity index (χ0n) is 15.7. The first kappa shape index (κ1) is 20.8. The number of hydrogen-bond donors (Lipinski definition) is 1. The Balaban J connectivity index is 5.05. The fraction of sp³-hybridized carbons (Fsp3) is 0.941. The summed E-state index contributed by atoms with van der Waals surface area (Å²) in [7, 11) is -1.96. The van der Waals surface area contributed by atoms with Gasteiger partial charge in [-0.3, -0.25) is 4.79 Å². The van der Waals surface area contributed by atoms with Gasteiger partial charge in [-0.05, 0) is 24.1 Å². The standard InChI is InChI=1S/C17H36O3Si/c1-12(2)15(20-21(9,10)17(6,7)8)13(18)11-14(19)16(3,4)5/h12-13,15,18H,11H2,1-10H3/t13-,15+/m0/s1. The second kappa shape index (κ2) is 6.92. The van der Waals surface area contributed by atoms with E-state index in [-0.39, 0.29) is 29.3 Å². The molecule has 4 heteroatoms. The predicted molar refractivity (Wildman–Crippen MR) is 92.0 cm³/mol. The minimum Gasteiger partial charge on any atom is -0.411 e. The molecule has 0 aromatic heterocycles. The number of carbonyl (C=O) groups is 1. The molecule has 0 spiro atoms. The highest BCUT2D eigenvalue weighted by molar-refractivity contribution is 6.74. The average molecular weight is 317 g/mol. The van der Waals surface area contributed by atoms with Crippen molar-refractivity contribution in [1.82, 2.24) is 0 Å². The number of ketones is 1. The van der Waals surface area contributed by atoms with Crippen LogP contribution < -0.4 is 0 Å². The summed E-state index contributed by atoms with van der Waals surface area (Å²) in [6.07, 6.45) is -0.843. The van der Waals surface area contributed by atoms with Crippen LogP contribution in [0, 0.1) is 11.3 Å². The molecule has 21 heavy (non-hydrogen) atoms. The van der Waals surface area contributed by atoms with Crippen molar-refractivity contribution in [3.05, 3.63) is 0 Å². The van der Waals surface area contributed by atoms with Gasteiger partial charge in [-0.2, -0.15) is 0 Å². The van der Waals surface area contributed by atoms with Crippen LogP contribution in [0.3, 0.4) is 0 Å². The Morgan fingerprint density at radius 2 is 1.52 bits per heavy atom. The SMILES string of the molecule is CC(C)[C@@H](O[Si](C)(C)C(C)(C)C)[C@@H](O)CC(=O)C(C)(C)C. The molecule has 1 N–H and O–H groups in total. The van der Waals surface area contributed by atoms with Crippen molar-refractivity contribution in [3.8, 4) is 0 Å². The van der Waals surface area contributed by atoms with Crippen molar-refractivity contribution in [1.29, 1.82) is 0 Å². The molecular formula is C17H36O3Si. The van der Waals surface area contributed by atoms with Gasteiger partial charge < -0.3 is 9.53 Å². The third kappa shape index (κ3) is 6.21. The van der Waals surface area contributed by atoms with Crippen LogP contribution in [0.2, 0.25) is 18.1 Å². The fourth-order valence-corrected chi connectivity index (χ4v) is 3.25. The number of aliphatic hydroxyl groups is 1. The molecule has 0 saturated heterocycles. The molecule has 0 fully saturated rings. The van der Waals surface area contributed by atoms with Crippen LogP contribution in [0.5, 0.6) is 0 Å². The molecule has 0 radical (unpaired) electrons. The Labute approximate surface area is 132 Å². The Morgan fingerprint density at radius 1 is 1.10 bits per heavy atom. The van der Waals surface area contributed by atoms with Crippen LogP contribution >= 0.6 is 0 Å². The van der Waals surface area contributed by atoms with E-state index in [4.69, 9.17) is 4.43 Å². The van der Waals surface area contributed by atoms with E-state index in [2.05, 4.69) is 33.9 Å². The number of aliphatic hydroxyl groups excluding tert-OH is 1. The number of rotatable bonds is 6. The summed E-state index contributed by atoms with van der Waals surface area (Å²) in [5, 5.41) is 10.6. The molecule has 0 saturated carbocycles. The highest BCUT2D eigenvalue weighted by Crippen LogP contribution is 2.38. The summed E-state index contributed by atoms with van der Waals surface area (Å²) in [4.78, 5) is 12.2.